The lowest BCUT2D eigenvalue weighted by molar-refractivity contribution is -0.121. The van der Waals surface area contributed by atoms with E-state index in [0.29, 0.717) is 24.9 Å². The van der Waals surface area contributed by atoms with Crippen molar-refractivity contribution < 1.29 is 4.79 Å². The zero-order valence-corrected chi connectivity index (χ0v) is 19.3. The molecule has 32 heavy (non-hydrogen) atoms. The van der Waals surface area contributed by atoms with Gasteiger partial charge in [0.1, 0.15) is 5.65 Å². The van der Waals surface area contributed by atoms with Crippen LogP contribution in [0.4, 0.5) is 0 Å². The Morgan fingerprint density at radius 3 is 2.62 bits per heavy atom. The molecule has 2 aromatic heterocycles. The van der Waals surface area contributed by atoms with Gasteiger partial charge in [0, 0.05) is 31.0 Å². The molecule has 3 aromatic rings. The summed E-state index contributed by atoms with van der Waals surface area (Å²) in [6.07, 6.45) is 8.83. The number of carbonyl (C=O) groups is 1. The van der Waals surface area contributed by atoms with Gasteiger partial charge >= 0.3 is 0 Å². The average Bonchev–Trinajstić information content (AvgIpc) is 3.16. The van der Waals surface area contributed by atoms with Gasteiger partial charge in [-0.2, -0.15) is 5.10 Å². The summed E-state index contributed by atoms with van der Waals surface area (Å²) in [6.45, 7) is 4.61. The molecule has 1 aromatic carbocycles. The van der Waals surface area contributed by atoms with E-state index in [1.54, 1.807) is 11.6 Å². The van der Waals surface area contributed by atoms with E-state index < -0.39 is 0 Å². The lowest BCUT2D eigenvalue weighted by Crippen LogP contribution is -2.28. The van der Waals surface area contributed by atoms with Crippen molar-refractivity contribution in [3.05, 3.63) is 69.2 Å². The number of aromatic nitrogens is 3. The SMILES string of the molecule is Cc1nn(-c2ccccc2)c2c1c(C)c(CCC(=O)NCCC1=CCCCC1)c(=O)n2C. The number of pyridine rings is 1. The molecule has 0 bridgehead atoms. The zero-order valence-electron chi connectivity index (χ0n) is 19.3. The highest BCUT2D eigenvalue weighted by molar-refractivity contribution is 5.85. The van der Waals surface area contributed by atoms with Gasteiger partial charge in [-0.25, -0.2) is 4.68 Å². The van der Waals surface area contributed by atoms with Gasteiger partial charge in [0.2, 0.25) is 5.91 Å². The molecule has 0 spiro atoms. The number of hydrogen-bond acceptors (Lipinski definition) is 3. The van der Waals surface area contributed by atoms with Crippen molar-refractivity contribution in [2.45, 2.75) is 58.8 Å². The van der Waals surface area contributed by atoms with Gasteiger partial charge in [0.05, 0.1) is 11.4 Å². The highest BCUT2D eigenvalue weighted by Crippen LogP contribution is 2.25. The number of rotatable bonds is 7. The van der Waals surface area contributed by atoms with E-state index in [0.717, 1.165) is 47.2 Å². The highest BCUT2D eigenvalue weighted by Gasteiger charge is 2.20. The summed E-state index contributed by atoms with van der Waals surface area (Å²) in [5.41, 5.74) is 5.59. The summed E-state index contributed by atoms with van der Waals surface area (Å²) in [7, 11) is 1.78. The Balaban J connectivity index is 1.52. The fourth-order valence-electron chi connectivity index (χ4n) is 4.74. The maximum Gasteiger partial charge on any atom is 0.255 e. The van der Waals surface area contributed by atoms with Crippen LogP contribution in [0, 0.1) is 13.8 Å². The normalized spacial score (nSPS) is 13.9. The van der Waals surface area contributed by atoms with Crippen molar-refractivity contribution in [1.29, 1.82) is 0 Å². The van der Waals surface area contributed by atoms with Gasteiger partial charge in [-0.05, 0) is 70.1 Å². The molecule has 0 saturated heterocycles. The first-order valence-corrected chi connectivity index (χ1v) is 11.5. The monoisotopic (exact) mass is 432 g/mol. The van der Waals surface area contributed by atoms with E-state index in [2.05, 4.69) is 11.4 Å². The molecule has 0 atom stereocenters. The summed E-state index contributed by atoms with van der Waals surface area (Å²) >= 11 is 0. The Morgan fingerprint density at radius 2 is 1.91 bits per heavy atom. The third-order valence-corrected chi connectivity index (χ3v) is 6.50. The smallest absolute Gasteiger partial charge is 0.255 e. The molecule has 1 N–H and O–H groups in total. The van der Waals surface area contributed by atoms with E-state index in [9.17, 15) is 9.59 Å². The highest BCUT2D eigenvalue weighted by atomic mass is 16.1. The van der Waals surface area contributed by atoms with Gasteiger partial charge in [0.25, 0.3) is 5.56 Å². The fourth-order valence-corrected chi connectivity index (χ4v) is 4.74. The molecule has 0 radical (unpaired) electrons. The molecular weight excluding hydrogens is 400 g/mol. The van der Waals surface area contributed by atoms with Gasteiger partial charge in [-0.1, -0.05) is 29.8 Å². The minimum atomic E-state index is -0.0627. The van der Waals surface area contributed by atoms with Crippen LogP contribution in [-0.2, 0) is 18.3 Å². The van der Waals surface area contributed by atoms with Crippen LogP contribution in [0.25, 0.3) is 16.7 Å². The van der Waals surface area contributed by atoms with Crippen molar-refractivity contribution >= 4 is 16.9 Å². The lowest BCUT2D eigenvalue weighted by atomic mass is 9.97. The quantitative estimate of drug-likeness (QED) is 0.567. The second kappa shape index (κ2) is 9.55. The Hall–Kier alpha value is -3.15. The van der Waals surface area contributed by atoms with Gasteiger partial charge in [0.15, 0.2) is 0 Å². The minimum absolute atomic E-state index is 0.000313. The number of carbonyl (C=O) groups excluding carboxylic acids is 1. The second-order valence-electron chi connectivity index (χ2n) is 8.71. The third-order valence-electron chi connectivity index (χ3n) is 6.50. The van der Waals surface area contributed by atoms with Crippen LogP contribution in [0.1, 0.15) is 55.3 Å². The maximum absolute atomic E-state index is 13.2. The van der Waals surface area contributed by atoms with Gasteiger partial charge in [-0.15, -0.1) is 0 Å². The fraction of sp³-hybridized carbons (Fsp3) is 0.423. The molecular formula is C26H32N4O2. The van der Waals surface area contributed by atoms with Crippen LogP contribution < -0.4 is 10.9 Å². The standard InChI is InChI=1S/C26H32N4O2/c1-18-22(14-15-23(31)27-17-16-20-10-6-4-7-11-20)26(32)29(3)25-24(18)19(2)28-30(25)21-12-8-5-9-13-21/h5,8-10,12-13H,4,6-7,11,14-17H2,1-3H3,(H,27,31). The van der Waals surface area contributed by atoms with Crippen molar-refractivity contribution in [2.24, 2.45) is 7.05 Å². The molecule has 168 valence electrons. The largest absolute Gasteiger partial charge is 0.356 e. The van der Waals surface area contributed by atoms with E-state index >= 15 is 0 Å². The van der Waals surface area contributed by atoms with Crippen molar-refractivity contribution in [3.63, 3.8) is 0 Å². The summed E-state index contributed by atoms with van der Waals surface area (Å²) in [6, 6.07) is 9.84. The Labute approximate surface area is 188 Å². The van der Waals surface area contributed by atoms with Gasteiger partial charge < -0.3 is 5.32 Å². The predicted octanol–water partition coefficient (Wildman–Crippen LogP) is 4.28. The second-order valence-corrected chi connectivity index (χ2v) is 8.71. The van der Waals surface area contributed by atoms with Crippen LogP contribution in [0.3, 0.4) is 0 Å². The van der Waals surface area contributed by atoms with Gasteiger partial charge in [-0.3, -0.25) is 14.2 Å². The molecule has 1 amide bonds. The zero-order chi connectivity index (χ0) is 22.7. The summed E-state index contributed by atoms with van der Waals surface area (Å²) < 4.78 is 3.49. The lowest BCUT2D eigenvalue weighted by Gasteiger charge is -2.14. The number of fused-ring (bicyclic) bond motifs is 1. The van der Waals surface area contributed by atoms with Crippen molar-refractivity contribution in [2.75, 3.05) is 6.54 Å². The molecule has 0 unspecified atom stereocenters. The van der Waals surface area contributed by atoms with Crippen LogP contribution in [-0.4, -0.2) is 26.8 Å². The third kappa shape index (κ3) is 4.40. The van der Waals surface area contributed by atoms with Crippen LogP contribution in [0.5, 0.6) is 0 Å². The summed E-state index contributed by atoms with van der Waals surface area (Å²) in [5.74, 6) is -0.000313. The number of allylic oxidation sites excluding steroid dienone is 1. The molecule has 1 aliphatic rings. The molecule has 0 aliphatic heterocycles. The number of amides is 1. The molecule has 0 fully saturated rings. The summed E-state index contributed by atoms with van der Waals surface area (Å²) in [4.78, 5) is 25.6. The van der Waals surface area contributed by atoms with E-state index in [-0.39, 0.29) is 11.5 Å². The number of hydrogen-bond donors (Lipinski definition) is 1. The Kier molecular flexibility index (Phi) is 6.58. The van der Waals surface area contributed by atoms with E-state index in [4.69, 9.17) is 5.10 Å². The summed E-state index contributed by atoms with van der Waals surface area (Å²) in [5, 5.41) is 8.72. The number of benzene rings is 1. The molecule has 2 heterocycles. The molecule has 4 rings (SSSR count). The Morgan fingerprint density at radius 1 is 1.12 bits per heavy atom. The first-order valence-electron chi connectivity index (χ1n) is 11.5. The molecule has 1 aliphatic carbocycles. The maximum atomic E-state index is 13.2. The number of nitrogens with zero attached hydrogens (tertiary/aromatic N) is 3. The van der Waals surface area contributed by atoms with Crippen LogP contribution in [0.2, 0.25) is 0 Å². The molecule has 6 nitrogen and oxygen atoms in total. The minimum Gasteiger partial charge on any atom is -0.356 e. The molecule has 0 saturated carbocycles. The Bertz CT molecular complexity index is 1220. The predicted molar refractivity (Wildman–Crippen MR) is 128 cm³/mol. The topological polar surface area (TPSA) is 68.9 Å². The van der Waals surface area contributed by atoms with Crippen LogP contribution in [0.15, 0.2) is 46.8 Å². The number of para-hydroxylation sites is 1. The number of aryl methyl sites for hydroxylation is 3. The van der Waals surface area contributed by atoms with Crippen LogP contribution >= 0.6 is 0 Å². The molecule has 6 heteroatoms. The first-order chi connectivity index (χ1) is 15.5. The number of nitrogens with one attached hydrogen (secondary N) is 1. The van der Waals surface area contributed by atoms with E-state index in [1.807, 2.05) is 48.9 Å². The average molecular weight is 433 g/mol. The van der Waals surface area contributed by atoms with Crippen molar-refractivity contribution in [1.82, 2.24) is 19.7 Å². The van der Waals surface area contributed by atoms with Crippen molar-refractivity contribution in [3.8, 4) is 5.69 Å². The first kappa shape index (κ1) is 22.1. The van der Waals surface area contributed by atoms with E-state index in [1.165, 1.54) is 18.4 Å².